The minimum Gasteiger partial charge on any atom is -0.384 e. The fraction of sp³-hybridized carbons (Fsp3) is 0.250. The van der Waals surface area contributed by atoms with E-state index in [-0.39, 0.29) is 5.69 Å². The maximum atomic E-state index is 14.6. The zero-order valence-electron chi connectivity index (χ0n) is 19.8. The van der Waals surface area contributed by atoms with E-state index >= 15 is 0 Å². The van der Waals surface area contributed by atoms with Gasteiger partial charge in [-0.15, -0.1) is 0 Å². The number of aromatic amines is 1. The molecule has 0 aliphatic carbocycles. The molecule has 0 saturated carbocycles. The highest BCUT2D eigenvalue weighted by molar-refractivity contribution is 6.15. The number of alkyl halides is 3. The summed E-state index contributed by atoms with van der Waals surface area (Å²) in [5.41, 5.74) is 1.57. The Morgan fingerprint density at radius 1 is 1.08 bits per heavy atom. The molecule has 3 N–H and O–H groups in total. The van der Waals surface area contributed by atoms with E-state index < -0.39 is 17.7 Å². The van der Waals surface area contributed by atoms with Crippen molar-refractivity contribution in [3.63, 3.8) is 0 Å². The first-order valence-electron chi connectivity index (χ1n) is 11.4. The number of H-pyrrole nitrogens is 1. The van der Waals surface area contributed by atoms with Gasteiger partial charge in [0.05, 0.1) is 28.9 Å². The Balaban J connectivity index is 1.75. The predicted octanol–water partition coefficient (Wildman–Crippen LogP) is 5.01. The third-order valence-electron chi connectivity index (χ3n) is 5.70. The number of methoxy groups -OCH3 is 1. The van der Waals surface area contributed by atoms with E-state index in [1.54, 1.807) is 7.11 Å². The molecular weight excluding hydrogens is 492 g/mol. The van der Waals surface area contributed by atoms with E-state index in [1.807, 2.05) is 6.92 Å². The fourth-order valence-electron chi connectivity index (χ4n) is 4.11. The van der Waals surface area contributed by atoms with E-state index in [0.717, 1.165) is 10.7 Å². The summed E-state index contributed by atoms with van der Waals surface area (Å²) in [6.07, 6.45) is 1.14. The number of benzene rings is 1. The fourth-order valence-corrected chi connectivity index (χ4v) is 4.11. The van der Waals surface area contributed by atoms with Crippen LogP contribution in [-0.2, 0) is 10.9 Å². The molecule has 37 heavy (non-hydrogen) atoms. The molecule has 0 aliphatic rings. The summed E-state index contributed by atoms with van der Waals surface area (Å²) in [6.45, 7) is 3.37. The molecule has 0 unspecified atom stereocenters. The molecule has 1 aromatic carbocycles. The molecule has 0 spiro atoms. The van der Waals surface area contributed by atoms with Crippen LogP contribution in [0.1, 0.15) is 12.6 Å². The molecule has 0 atom stereocenters. The number of rotatable bonds is 8. The van der Waals surface area contributed by atoms with Crippen molar-refractivity contribution in [3.05, 3.63) is 54.5 Å². The number of ether oxygens (including phenoxy) is 1. The average Bonchev–Trinajstić information content (AvgIpc) is 3.50. The number of fused-ring (bicyclic) bond motifs is 3. The van der Waals surface area contributed by atoms with Crippen molar-refractivity contribution in [1.82, 2.24) is 29.7 Å². The van der Waals surface area contributed by atoms with Gasteiger partial charge in [-0.1, -0.05) is 0 Å². The second-order valence-corrected chi connectivity index (χ2v) is 8.13. The zero-order valence-corrected chi connectivity index (χ0v) is 19.8. The van der Waals surface area contributed by atoms with Crippen LogP contribution >= 0.6 is 0 Å². The van der Waals surface area contributed by atoms with Gasteiger partial charge in [0.25, 0.3) is 0 Å². The van der Waals surface area contributed by atoms with Crippen molar-refractivity contribution in [3.8, 4) is 16.8 Å². The molecule has 0 radical (unpaired) electrons. The second kappa shape index (κ2) is 9.65. The van der Waals surface area contributed by atoms with E-state index in [9.17, 15) is 17.6 Å². The molecule has 0 aliphatic heterocycles. The van der Waals surface area contributed by atoms with Gasteiger partial charge in [-0.25, -0.2) is 24.0 Å². The highest BCUT2D eigenvalue weighted by Gasteiger charge is 2.34. The first-order chi connectivity index (χ1) is 17.8. The maximum absolute atomic E-state index is 14.6. The summed E-state index contributed by atoms with van der Waals surface area (Å²) >= 11 is 0. The van der Waals surface area contributed by atoms with Gasteiger partial charge in [-0.3, -0.25) is 0 Å². The van der Waals surface area contributed by atoms with E-state index in [4.69, 9.17) is 4.74 Å². The van der Waals surface area contributed by atoms with Gasteiger partial charge in [-0.05, 0) is 25.1 Å². The molecular formula is C24H22F4N8O. The number of anilines is 2. The molecule has 0 bridgehead atoms. The maximum Gasteiger partial charge on any atom is 0.435 e. The SMILES string of the molecule is CCNc1cc(F)cc2c1[nH]c1ncc(-c3cnc(NCCOC)nc3)c(-n3ccc(C(F)(F)F)n3)c12. The van der Waals surface area contributed by atoms with Crippen molar-refractivity contribution in [2.75, 3.05) is 37.4 Å². The van der Waals surface area contributed by atoms with Crippen LogP contribution in [0.15, 0.2) is 43.0 Å². The Hall–Kier alpha value is -4.26. The Morgan fingerprint density at radius 2 is 1.86 bits per heavy atom. The van der Waals surface area contributed by atoms with Crippen LogP contribution in [0.3, 0.4) is 0 Å². The molecule has 0 saturated heterocycles. The monoisotopic (exact) mass is 514 g/mol. The molecule has 5 aromatic rings. The lowest BCUT2D eigenvalue weighted by molar-refractivity contribution is -0.141. The van der Waals surface area contributed by atoms with Crippen molar-refractivity contribution in [2.45, 2.75) is 13.1 Å². The highest BCUT2D eigenvalue weighted by Crippen LogP contribution is 2.39. The van der Waals surface area contributed by atoms with Gasteiger partial charge in [0.2, 0.25) is 5.95 Å². The average molecular weight is 514 g/mol. The molecule has 0 fully saturated rings. The molecule has 9 nitrogen and oxygen atoms in total. The molecule has 13 heteroatoms. The first-order valence-corrected chi connectivity index (χ1v) is 11.4. The van der Waals surface area contributed by atoms with Gasteiger partial charge in [0.1, 0.15) is 11.5 Å². The number of aromatic nitrogens is 6. The normalized spacial score (nSPS) is 11.9. The number of halogens is 4. The number of hydrogen-bond acceptors (Lipinski definition) is 7. The third-order valence-corrected chi connectivity index (χ3v) is 5.70. The summed E-state index contributed by atoms with van der Waals surface area (Å²) in [4.78, 5) is 16.3. The molecule has 192 valence electrons. The van der Waals surface area contributed by atoms with E-state index in [2.05, 4.69) is 35.7 Å². The highest BCUT2D eigenvalue weighted by atomic mass is 19.4. The molecule has 5 rings (SSSR count). The lowest BCUT2D eigenvalue weighted by Gasteiger charge is -2.12. The van der Waals surface area contributed by atoms with E-state index in [1.165, 1.54) is 36.9 Å². The van der Waals surface area contributed by atoms with Gasteiger partial charge < -0.3 is 20.4 Å². The standard InChI is InChI=1S/C24H22F4N8O/c1-3-29-17-9-14(25)8-15-19-21(36-6-4-18(35-36)24(26,27)28)16(12-31-22(19)34-20(15)17)13-10-32-23(33-11-13)30-5-7-37-2/h4,6,8-12,29H,3,5,7H2,1-2H3,(H,31,34)(H,30,32,33). The number of nitrogens with zero attached hydrogens (tertiary/aromatic N) is 5. The van der Waals surface area contributed by atoms with Gasteiger partial charge in [-0.2, -0.15) is 18.3 Å². The quantitative estimate of drug-likeness (QED) is 0.198. The second-order valence-electron chi connectivity index (χ2n) is 8.13. The topological polar surface area (TPSA) is 106 Å². The molecule has 0 amide bonds. The van der Waals surface area contributed by atoms with Crippen molar-refractivity contribution in [1.29, 1.82) is 0 Å². The van der Waals surface area contributed by atoms with Crippen LogP contribution in [0.5, 0.6) is 0 Å². The largest absolute Gasteiger partial charge is 0.435 e. The number of hydrogen-bond donors (Lipinski definition) is 3. The third kappa shape index (κ3) is 4.65. The van der Waals surface area contributed by atoms with Crippen molar-refractivity contribution in [2.24, 2.45) is 0 Å². The number of pyridine rings is 1. The number of nitrogens with one attached hydrogen (secondary N) is 3. The van der Waals surface area contributed by atoms with Crippen LogP contribution in [-0.4, -0.2) is 56.5 Å². The van der Waals surface area contributed by atoms with Crippen LogP contribution in [0, 0.1) is 5.82 Å². The summed E-state index contributed by atoms with van der Waals surface area (Å²) in [6, 6.07) is 3.55. The van der Waals surface area contributed by atoms with Gasteiger partial charge >= 0.3 is 6.18 Å². The Labute approximate surface area is 207 Å². The van der Waals surface area contributed by atoms with E-state index in [0.29, 0.717) is 64.4 Å². The Morgan fingerprint density at radius 3 is 2.54 bits per heavy atom. The van der Waals surface area contributed by atoms with Crippen molar-refractivity contribution >= 4 is 33.6 Å². The van der Waals surface area contributed by atoms with Crippen LogP contribution in [0.4, 0.5) is 29.2 Å². The van der Waals surface area contributed by atoms with Gasteiger partial charge in [0.15, 0.2) is 5.69 Å². The smallest absolute Gasteiger partial charge is 0.384 e. The van der Waals surface area contributed by atoms with Crippen LogP contribution in [0.2, 0.25) is 0 Å². The summed E-state index contributed by atoms with van der Waals surface area (Å²) in [5.74, 6) is -0.147. The first kappa shape index (κ1) is 24.4. The Bertz CT molecular complexity index is 1560. The molecule has 4 heterocycles. The van der Waals surface area contributed by atoms with Crippen molar-refractivity contribution < 1.29 is 22.3 Å². The summed E-state index contributed by atoms with van der Waals surface area (Å²) in [7, 11) is 1.58. The minimum atomic E-state index is -4.64. The summed E-state index contributed by atoms with van der Waals surface area (Å²) < 4.78 is 61.0. The van der Waals surface area contributed by atoms with Crippen LogP contribution < -0.4 is 10.6 Å². The van der Waals surface area contributed by atoms with Crippen LogP contribution in [0.25, 0.3) is 38.8 Å². The summed E-state index contributed by atoms with van der Waals surface area (Å²) in [5, 5.41) is 10.8. The predicted molar refractivity (Wildman–Crippen MR) is 131 cm³/mol. The lowest BCUT2D eigenvalue weighted by Crippen LogP contribution is -2.10. The lowest BCUT2D eigenvalue weighted by atomic mass is 10.0. The zero-order chi connectivity index (χ0) is 26.2. The Kier molecular flexibility index (Phi) is 6.38. The van der Waals surface area contributed by atoms with Gasteiger partial charge in [0, 0.05) is 61.5 Å². The molecule has 4 aromatic heterocycles. The minimum absolute atomic E-state index is 0.281.